The minimum atomic E-state index is -0.712. The molecule has 0 spiro atoms. The van der Waals surface area contributed by atoms with Gasteiger partial charge in [0.15, 0.2) is 0 Å². The smallest absolute Gasteiger partial charge is 0.251 e. The first kappa shape index (κ1) is 14.1. The van der Waals surface area contributed by atoms with Crippen LogP contribution in [0.3, 0.4) is 0 Å². The van der Waals surface area contributed by atoms with Gasteiger partial charge in [0.1, 0.15) is 0 Å². The van der Waals surface area contributed by atoms with Gasteiger partial charge in [-0.2, -0.15) is 0 Å². The van der Waals surface area contributed by atoms with E-state index in [9.17, 15) is 14.7 Å². The zero-order valence-electron chi connectivity index (χ0n) is 12.2. The van der Waals surface area contributed by atoms with Gasteiger partial charge in [0.05, 0.1) is 5.60 Å². The van der Waals surface area contributed by atoms with Crippen molar-refractivity contribution in [1.82, 2.24) is 5.32 Å². The molecule has 5 nitrogen and oxygen atoms in total. The van der Waals surface area contributed by atoms with E-state index in [2.05, 4.69) is 5.32 Å². The number of anilines is 1. The molecule has 0 bridgehead atoms. The predicted octanol–water partition coefficient (Wildman–Crippen LogP) is 1.24. The summed E-state index contributed by atoms with van der Waals surface area (Å²) in [5.74, 6) is -0.0652. The first-order valence-electron chi connectivity index (χ1n) is 7.39. The molecule has 21 heavy (non-hydrogen) atoms. The number of nitrogens with one attached hydrogen (secondary N) is 1. The van der Waals surface area contributed by atoms with Crippen LogP contribution in [0.2, 0.25) is 0 Å². The van der Waals surface area contributed by atoms with Crippen LogP contribution in [0.1, 0.15) is 41.6 Å². The zero-order chi connectivity index (χ0) is 15.0. The largest absolute Gasteiger partial charge is 0.388 e. The highest BCUT2D eigenvalue weighted by molar-refractivity contribution is 5.98. The molecule has 1 heterocycles. The molecule has 1 aromatic carbocycles. The molecular formula is C16H20N2O3. The van der Waals surface area contributed by atoms with Crippen molar-refractivity contribution in [1.29, 1.82) is 0 Å². The van der Waals surface area contributed by atoms with Gasteiger partial charge >= 0.3 is 0 Å². The third-order valence-corrected chi connectivity index (χ3v) is 4.55. The zero-order valence-corrected chi connectivity index (χ0v) is 12.2. The summed E-state index contributed by atoms with van der Waals surface area (Å²) in [6.07, 6.45) is 3.68. The van der Waals surface area contributed by atoms with Crippen LogP contribution >= 0.6 is 0 Å². The molecule has 1 fully saturated rings. The van der Waals surface area contributed by atoms with Crippen molar-refractivity contribution in [2.24, 2.45) is 0 Å². The second-order valence-electron chi connectivity index (χ2n) is 6.06. The van der Waals surface area contributed by atoms with Gasteiger partial charge in [-0.1, -0.05) is 0 Å². The van der Waals surface area contributed by atoms with Gasteiger partial charge in [-0.3, -0.25) is 9.59 Å². The quantitative estimate of drug-likeness (QED) is 0.879. The fourth-order valence-electron chi connectivity index (χ4n) is 2.91. The van der Waals surface area contributed by atoms with E-state index < -0.39 is 5.60 Å². The molecule has 0 radical (unpaired) electrons. The van der Waals surface area contributed by atoms with Gasteiger partial charge in [-0.15, -0.1) is 0 Å². The van der Waals surface area contributed by atoms with Crippen molar-refractivity contribution >= 4 is 17.5 Å². The molecule has 0 atom stereocenters. The van der Waals surface area contributed by atoms with Crippen molar-refractivity contribution in [2.75, 3.05) is 18.5 Å². The predicted molar refractivity (Wildman–Crippen MR) is 79.3 cm³/mol. The van der Waals surface area contributed by atoms with Gasteiger partial charge in [0.25, 0.3) is 5.91 Å². The molecule has 0 aromatic heterocycles. The average Bonchev–Trinajstić information content (AvgIpc) is 2.46. The number of aliphatic hydroxyl groups is 1. The summed E-state index contributed by atoms with van der Waals surface area (Å²) >= 11 is 0. The van der Waals surface area contributed by atoms with Crippen LogP contribution in [0.4, 0.5) is 5.69 Å². The summed E-state index contributed by atoms with van der Waals surface area (Å²) < 4.78 is 0. The van der Waals surface area contributed by atoms with E-state index in [1.165, 1.54) is 0 Å². The van der Waals surface area contributed by atoms with E-state index in [0.717, 1.165) is 30.5 Å². The van der Waals surface area contributed by atoms with Crippen LogP contribution < -0.4 is 10.2 Å². The molecule has 2 amide bonds. The van der Waals surface area contributed by atoms with E-state index in [1.807, 2.05) is 12.1 Å². The number of benzene rings is 1. The van der Waals surface area contributed by atoms with Gasteiger partial charge in [-0.05, 0) is 49.4 Å². The molecule has 1 saturated carbocycles. The first-order valence-corrected chi connectivity index (χ1v) is 7.39. The second kappa shape index (κ2) is 5.15. The Bertz CT molecular complexity index is 593. The van der Waals surface area contributed by atoms with E-state index in [4.69, 9.17) is 0 Å². The Hall–Kier alpha value is -1.88. The van der Waals surface area contributed by atoms with Crippen molar-refractivity contribution in [3.8, 4) is 0 Å². The highest BCUT2D eigenvalue weighted by Crippen LogP contribution is 2.31. The summed E-state index contributed by atoms with van der Waals surface area (Å²) in [5, 5.41) is 12.8. The molecule has 2 aliphatic rings. The number of amides is 2. The molecule has 112 valence electrons. The molecule has 1 aliphatic heterocycles. The van der Waals surface area contributed by atoms with Crippen LogP contribution in [-0.4, -0.2) is 36.1 Å². The van der Waals surface area contributed by atoms with Gasteiger partial charge in [0, 0.05) is 31.3 Å². The molecule has 1 aromatic rings. The molecule has 0 saturated heterocycles. The Morgan fingerprint density at radius 2 is 2.14 bits per heavy atom. The highest BCUT2D eigenvalue weighted by atomic mass is 16.3. The standard InChI is InChI=1S/C16H20N2O3/c1-18-13-5-3-12(9-11(13)4-6-14(18)19)15(20)17-10-16(21)7-2-8-16/h3,5,9,21H,2,4,6-8,10H2,1H3,(H,17,20). The third kappa shape index (κ3) is 2.65. The Kier molecular flexibility index (Phi) is 3.45. The fourth-order valence-corrected chi connectivity index (χ4v) is 2.91. The Labute approximate surface area is 123 Å². The SMILES string of the molecule is CN1C(=O)CCc2cc(C(=O)NCC3(O)CCC3)ccc21. The second-order valence-corrected chi connectivity index (χ2v) is 6.06. The summed E-state index contributed by atoms with van der Waals surface area (Å²) in [5.41, 5.74) is 1.77. The molecule has 0 unspecified atom stereocenters. The van der Waals surface area contributed by atoms with E-state index in [-0.39, 0.29) is 11.8 Å². The monoisotopic (exact) mass is 288 g/mol. The lowest BCUT2D eigenvalue weighted by Crippen LogP contribution is -2.47. The van der Waals surface area contributed by atoms with Crippen molar-refractivity contribution < 1.29 is 14.7 Å². The number of hydrogen-bond donors (Lipinski definition) is 2. The summed E-state index contributed by atoms with van der Waals surface area (Å²) in [4.78, 5) is 25.4. The van der Waals surface area contributed by atoms with Crippen LogP contribution in [0, 0.1) is 0 Å². The van der Waals surface area contributed by atoms with Crippen molar-refractivity contribution in [3.63, 3.8) is 0 Å². The summed E-state index contributed by atoms with van der Waals surface area (Å²) in [6.45, 7) is 0.307. The molecule has 2 N–H and O–H groups in total. The number of carbonyl (C=O) groups excluding carboxylic acids is 2. The number of rotatable bonds is 3. The number of nitrogens with zero attached hydrogens (tertiary/aromatic N) is 1. The number of carbonyl (C=O) groups is 2. The fraction of sp³-hybridized carbons (Fsp3) is 0.500. The normalized spacial score (nSPS) is 19.7. The molecule has 1 aliphatic carbocycles. The van der Waals surface area contributed by atoms with E-state index in [0.29, 0.717) is 24.9 Å². The van der Waals surface area contributed by atoms with Gasteiger partial charge < -0.3 is 15.3 Å². The maximum Gasteiger partial charge on any atom is 0.251 e. The van der Waals surface area contributed by atoms with E-state index >= 15 is 0 Å². The number of fused-ring (bicyclic) bond motifs is 1. The van der Waals surface area contributed by atoms with Crippen LogP contribution in [0.5, 0.6) is 0 Å². The lowest BCUT2D eigenvalue weighted by Gasteiger charge is -2.36. The van der Waals surface area contributed by atoms with E-state index in [1.54, 1.807) is 18.0 Å². The average molecular weight is 288 g/mol. The van der Waals surface area contributed by atoms with Crippen molar-refractivity contribution in [2.45, 2.75) is 37.7 Å². The summed E-state index contributed by atoms with van der Waals surface area (Å²) in [6, 6.07) is 5.39. The topological polar surface area (TPSA) is 69.6 Å². The van der Waals surface area contributed by atoms with Crippen LogP contribution in [0.15, 0.2) is 18.2 Å². The highest BCUT2D eigenvalue weighted by Gasteiger charge is 2.34. The first-order chi connectivity index (χ1) is 9.98. The summed E-state index contributed by atoms with van der Waals surface area (Å²) in [7, 11) is 1.76. The third-order valence-electron chi connectivity index (χ3n) is 4.55. The number of aryl methyl sites for hydroxylation is 1. The lowest BCUT2D eigenvalue weighted by atomic mass is 9.80. The molecule has 5 heteroatoms. The molecule has 3 rings (SSSR count). The minimum absolute atomic E-state index is 0.104. The van der Waals surface area contributed by atoms with Crippen molar-refractivity contribution in [3.05, 3.63) is 29.3 Å². The van der Waals surface area contributed by atoms with Crippen LogP contribution in [-0.2, 0) is 11.2 Å². The molecular weight excluding hydrogens is 268 g/mol. The lowest BCUT2D eigenvalue weighted by molar-refractivity contribution is -0.118. The number of hydrogen-bond acceptors (Lipinski definition) is 3. The Morgan fingerprint density at radius 3 is 2.81 bits per heavy atom. The Balaban J connectivity index is 1.71. The van der Waals surface area contributed by atoms with Gasteiger partial charge in [-0.25, -0.2) is 0 Å². The minimum Gasteiger partial charge on any atom is -0.388 e. The van der Waals surface area contributed by atoms with Crippen LogP contribution in [0.25, 0.3) is 0 Å². The Morgan fingerprint density at radius 1 is 1.38 bits per heavy atom. The maximum atomic E-state index is 12.2. The van der Waals surface area contributed by atoms with Gasteiger partial charge in [0.2, 0.25) is 5.91 Å². The maximum absolute atomic E-state index is 12.2.